The highest BCUT2D eigenvalue weighted by atomic mass is 35.5. The van der Waals surface area contributed by atoms with E-state index < -0.39 is 0 Å². The van der Waals surface area contributed by atoms with E-state index in [1.165, 1.54) is 11.8 Å². The maximum Gasteiger partial charge on any atom is 0.316 e. The Morgan fingerprint density at radius 2 is 1.90 bits per heavy atom. The molecule has 0 saturated heterocycles. The molecule has 1 rings (SSSR count). The second-order valence-electron chi connectivity index (χ2n) is 4.77. The van der Waals surface area contributed by atoms with Gasteiger partial charge in [0.1, 0.15) is 0 Å². The molecule has 0 atom stereocenters. The summed E-state index contributed by atoms with van der Waals surface area (Å²) in [6.45, 7) is 4.65. The maximum absolute atomic E-state index is 11.5. The largest absolute Gasteiger partial charge is 0.465 e. The van der Waals surface area contributed by atoms with Gasteiger partial charge in [0, 0.05) is 10.5 Å². The lowest BCUT2D eigenvalue weighted by molar-refractivity contribution is -0.140. The molecule has 0 spiro atoms. The fraction of sp³-hybridized carbons (Fsp3) is 0.467. The highest BCUT2D eigenvalue weighted by molar-refractivity contribution is 8.00. The van der Waals surface area contributed by atoms with E-state index in [0.29, 0.717) is 18.1 Å². The number of rotatable bonds is 8. The van der Waals surface area contributed by atoms with Crippen LogP contribution in [0, 0.1) is 5.92 Å². The molecule has 0 fully saturated rings. The molecule has 0 unspecified atom stereocenters. The summed E-state index contributed by atoms with van der Waals surface area (Å²) in [5.74, 6) is 0.477. The Balaban J connectivity index is 2.34. The molecule has 0 amide bonds. The molecule has 0 N–H and O–H groups in total. The number of carbonyl (C=O) groups is 2. The van der Waals surface area contributed by atoms with Crippen molar-refractivity contribution in [1.82, 2.24) is 0 Å². The predicted octanol–water partition coefficient (Wildman–Crippen LogP) is 3.79. The summed E-state index contributed by atoms with van der Waals surface area (Å²) in [4.78, 5) is 23.8. The van der Waals surface area contributed by atoms with Gasteiger partial charge < -0.3 is 4.74 Å². The van der Waals surface area contributed by atoms with E-state index in [1.807, 2.05) is 12.1 Å². The summed E-state index contributed by atoms with van der Waals surface area (Å²) >= 11 is 6.88. The Bertz CT molecular complexity index is 443. The van der Waals surface area contributed by atoms with Crippen LogP contribution in [-0.4, -0.2) is 30.0 Å². The van der Waals surface area contributed by atoms with Gasteiger partial charge in [-0.05, 0) is 24.5 Å². The van der Waals surface area contributed by atoms with E-state index in [-0.39, 0.29) is 23.4 Å². The van der Waals surface area contributed by atoms with Crippen LogP contribution in [-0.2, 0) is 9.53 Å². The average Bonchev–Trinajstić information content (AvgIpc) is 2.44. The molecule has 0 aliphatic carbocycles. The van der Waals surface area contributed by atoms with Crippen LogP contribution in [0.5, 0.6) is 0 Å². The number of ketones is 1. The Kier molecular flexibility index (Phi) is 7.70. The highest BCUT2D eigenvalue weighted by Crippen LogP contribution is 2.19. The molecule has 0 aliphatic rings. The maximum atomic E-state index is 11.5. The lowest BCUT2D eigenvalue weighted by Crippen LogP contribution is -2.09. The van der Waals surface area contributed by atoms with Gasteiger partial charge in [-0.15, -0.1) is 23.4 Å². The standard InChI is InChI=1S/C15H19ClO3S/c1-11(2)7-8-19-15(18)10-20-13-5-3-12(4-6-13)14(17)9-16/h3-6,11H,7-10H2,1-2H3. The van der Waals surface area contributed by atoms with Crippen LogP contribution in [0.2, 0.25) is 0 Å². The molecule has 0 bridgehead atoms. The topological polar surface area (TPSA) is 43.4 Å². The van der Waals surface area contributed by atoms with Crippen molar-refractivity contribution in [3.63, 3.8) is 0 Å². The molecule has 1 aromatic rings. The third-order valence-electron chi connectivity index (χ3n) is 2.61. The molecular weight excluding hydrogens is 296 g/mol. The second kappa shape index (κ2) is 9.03. The predicted molar refractivity (Wildman–Crippen MR) is 82.6 cm³/mol. The lowest BCUT2D eigenvalue weighted by Gasteiger charge is -2.06. The zero-order chi connectivity index (χ0) is 15.0. The summed E-state index contributed by atoms with van der Waals surface area (Å²) in [6.07, 6.45) is 0.881. The van der Waals surface area contributed by atoms with Crippen molar-refractivity contribution in [2.75, 3.05) is 18.2 Å². The molecule has 0 saturated carbocycles. The SMILES string of the molecule is CC(C)CCOC(=O)CSc1ccc(C(=O)CCl)cc1. The van der Waals surface area contributed by atoms with Crippen LogP contribution in [0.15, 0.2) is 29.2 Å². The first-order valence-corrected chi connectivity index (χ1v) is 8.02. The summed E-state index contributed by atoms with van der Waals surface area (Å²) in [7, 11) is 0. The third-order valence-corrected chi connectivity index (χ3v) is 3.84. The van der Waals surface area contributed by atoms with Gasteiger partial charge in [0.2, 0.25) is 0 Å². The fourth-order valence-corrected chi connectivity index (χ4v) is 2.26. The van der Waals surface area contributed by atoms with Crippen molar-refractivity contribution < 1.29 is 14.3 Å². The first kappa shape index (κ1) is 17.1. The Morgan fingerprint density at radius 1 is 1.25 bits per heavy atom. The fourth-order valence-electron chi connectivity index (χ4n) is 1.41. The van der Waals surface area contributed by atoms with Gasteiger partial charge in [-0.25, -0.2) is 0 Å². The molecular formula is C15H19ClO3S. The van der Waals surface area contributed by atoms with E-state index in [9.17, 15) is 9.59 Å². The number of halogens is 1. The quantitative estimate of drug-likeness (QED) is 0.317. The number of esters is 1. The first-order valence-electron chi connectivity index (χ1n) is 6.50. The van der Waals surface area contributed by atoms with E-state index in [0.717, 1.165) is 11.3 Å². The molecule has 5 heteroatoms. The van der Waals surface area contributed by atoms with Crippen molar-refractivity contribution in [1.29, 1.82) is 0 Å². The minimum absolute atomic E-state index is 0.0192. The number of benzene rings is 1. The first-order chi connectivity index (χ1) is 9.52. The Labute approximate surface area is 129 Å². The molecule has 0 aliphatic heterocycles. The molecule has 0 aromatic heterocycles. The normalized spacial score (nSPS) is 10.6. The highest BCUT2D eigenvalue weighted by Gasteiger charge is 2.07. The lowest BCUT2D eigenvalue weighted by atomic mass is 10.1. The summed E-state index contributed by atoms with van der Waals surface area (Å²) in [5.41, 5.74) is 0.587. The molecule has 0 radical (unpaired) electrons. The number of hydrogen-bond donors (Lipinski definition) is 0. The van der Waals surface area contributed by atoms with Crippen LogP contribution in [0.1, 0.15) is 30.6 Å². The number of thioether (sulfide) groups is 1. The molecule has 3 nitrogen and oxygen atoms in total. The Hall–Kier alpha value is -1.00. The zero-order valence-corrected chi connectivity index (χ0v) is 13.3. The van der Waals surface area contributed by atoms with E-state index in [2.05, 4.69) is 13.8 Å². The second-order valence-corrected chi connectivity index (χ2v) is 6.09. The summed E-state index contributed by atoms with van der Waals surface area (Å²) < 4.78 is 5.12. The van der Waals surface area contributed by atoms with Gasteiger partial charge in [-0.3, -0.25) is 9.59 Å². The van der Waals surface area contributed by atoms with Crippen molar-refractivity contribution in [3.05, 3.63) is 29.8 Å². The molecule has 1 aromatic carbocycles. The van der Waals surface area contributed by atoms with Crippen LogP contribution in [0.25, 0.3) is 0 Å². The Morgan fingerprint density at radius 3 is 2.45 bits per heavy atom. The van der Waals surface area contributed by atoms with Gasteiger partial charge in [-0.1, -0.05) is 26.0 Å². The molecule has 0 heterocycles. The van der Waals surface area contributed by atoms with E-state index in [4.69, 9.17) is 16.3 Å². The van der Waals surface area contributed by atoms with Gasteiger partial charge >= 0.3 is 5.97 Å². The number of hydrogen-bond acceptors (Lipinski definition) is 4. The van der Waals surface area contributed by atoms with Gasteiger partial charge in [0.25, 0.3) is 0 Å². The number of Topliss-reactive ketones (excluding diaryl/α,β-unsaturated/α-hetero) is 1. The third kappa shape index (κ3) is 6.44. The van der Waals surface area contributed by atoms with E-state index in [1.54, 1.807) is 12.1 Å². The monoisotopic (exact) mass is 314 g/mol. The minimum Gasteiger partial charge on any atom is -0.465 e. The van der Waals surface area contributed by atoms with Gasteiger partial charge in [0.05, 0.1) is 18.2 Å². The minimum atomic E-state index is -0.212. The van der Waals surface area contributed by atoms with Crippen molar-refractivity contribution in [3.8, 4) is 0 Å². The molecule has 110 valence electrons. The number of carbonyl (C=O) groups excluding carboxylic acids is 2. The van der Waals surface area contributed by atoms with Crippen molar-refractivity contribution in [2.24, 2.45) is 5.92 Å². The number of ether oxygens (including phenoxy) is 1. The van der Waals surface area contributed by atoms with Crippen molar-refractivity contribution in [2.45, 2.75) is 25.2 Å². The van der Waals surface area contributed by atoms with Gasteiger partial charge in [0.15, 0.2) is 5.78 Å². The van der Waals surface area contributed by atoms with Crippen LogP contribution < -0.4 is 0 Å². The average molecular weight is 315 g/mol. The van der Waals surface area contributed by atoms with E-state index >= 15 is 0 Å². The zero-order valence-electron chi connectivity index (χ0n) is 11.7. The summed E-state index contributed by atoms with van der Waals surface area (Å²) in [6, 6.07) is 7.06. The van der Waals surface area contributed by atoms with Gasteiger partial charge in [-0.2, -0.15) is 0 Å². The summed E-state index contributed by atoms with van der Waals surface area (Å²) in [5, 5.41) is 0. The van der Waals surface area contributed by atoms with Crippen molar-refractivity contribution >= 4 is 35.1 Å². The number of alkyl halides is 1. The smallest absolute Gasteiger partial charge is 0.316 e. The van der Waals surface area contributed by atoms with Crippen LogP contribution in [0.3, 0.4) is 0 Å². The van der Waals surface area contributed by atoms with Crippen LogP contribution in [0.4, 0.5) is 0 Å². The molecule has 20 heavy (non-hydrogen) atoms. The van der Waals surface area contributed by atoms with Crippen LogP contribution >= 0.6 is 23.4 Å².